The number of rotatable bonds is 7. The van der Waals surface area contributed by atoms with E-state index in [1.165, 1.54) is 25.6 Å². The molecule has 0 saturated carbocycles. The summed E-state index contributed by atoms with van der Waals surface area (Å²) in [5, 5.41) is 7.58. The summed E-state index contributed by atoms with van der Waals surface area (Å²) in [5.74, 6) is 1.38. The van der Waals surface area contributed by atoms with Crippen LogP contribution in [0.3, 0.4) is 0 Å². The van der Waals surface area contributed by atoms with Crippen LogP contribution in [0.15, 0.2) is 78.2 Å². The van der Waals surface area contributed by atoms with Gasteiger partial charge >= 0.3 is 0 Å². The number of hydrogen-bond donors (Lipinski definition) is 2. The van der Waals surface area contributed by atoms with Gasteiger partial charge in [0.05, 0.1) is 7.11 Å². The van der Waals surface area contributed by atoms with Crippen molar-refractivity contribution in [1.29, 1.82) is 0 Å². The van der Waals surface area contributed by atoms with Gasteiger partial charge in [-0.15, -0.1) is 0 Å². The molecule has 0 aliphatic rings. The van der Waals surface area contributed by atoms with Crippen LogP contribution in [-0.2, 0) is 10.0 Å². The molecule has 11 heteroatoms. The van der Waals surface area contributed by atoms with Crippen molar-refractivity contribution in [1.82, 2.24) is 19.7 Å². The van der Waals surface area contributed by atoms with Crippen molar-refractivity contribution in [3.63, 3.8) is 0 Å². The fourth-order valence-electron chi connectivity index (χ4n) is 2.79. The molecule has 0 atom stereocenters. The largest absolute Gasteiger partial charge is 0.495 e. The monoisotopic (exact) mass is 456 g/mol. The lowest BCUT2D eigenvalue weighted by Gasteiger charge is -2.13. The van der Waals surface area contributed by atoms with E-state index in [1.807, 2.05) is 0 Å². The van der Waals surface area contributed by atoms with Crippen molar-refractivity contribution >= 4 is 38.8 Å². The van der Waals surface area contributed by atoms with Crippen molar-refractivity contribution < 1.29 is 13.2 Å². The summed E-state index contributed by atoms with van der Waals surface area (Å²) in [7, 11) is -2.49. The lowest BCUT2D eigenvalue weighted by atomic mass is 10.3. The molecule has 0 saturated heterocycles. The van der Waals surface area contributed by atoms with Gasteiger partial charge in [0.25, 0.3) is 10.0 Å². The Morgan fingerprint density at radius 3 is 2.52 bits per heavy atom. The second-order valence-corrected chi connectivity index (χ2v) is 8.40. The Balaban J connectivity index is 1.50. The maximum Gasteiger partial charge on any atom is 0.265 e. The molecule has 0 amide bonds. The predicted octanol–water partition coefficient (Wildman–Crippen LogP) is 3.87. The zero-order valence-corrected chi connectivity index (χ0v) is 17.8. The first-order valence-corrected chi connectivity index (χ1v) is 10.9. The number of anilines is 3. The molecule has 158 valence electrons. The molecule has 31 heavy (non-hydrogen) atoms. The van der Waals surface area contributed by atoms with Gasteiger partial charge in [0.2, 0.25) is 0 Å². The second-order valence-electron chi connectivity index (χ2n) is 6.32. The molecule has 2 N–H and O–H groups in total. The maximum absolute atomic E-state index is 12.8. The normalized spacial score (nSPS) is 11.2. The van der Waals surface area contributed by atoms with Crippen LogP contribution >= 0.6 is 11.6 Å². The molecule has 2 heterocycles. The van der Waals surface area contributed by atoms with Gasteiger partial charge in [-0.05, 0) is 48.5 Å². The summed E-state index contributed by atoms with van der Waals surface area (Å²) in [5.41, 5.74) is 1.10. The molecule has 0 fully saturated rings. The summed E-state index contributed by atoms with van der Waals surface area (Å²) in [4.78, 5) is 8.33. The fourth-order valence-corrected chi connectivity index (χ4v) is 4.28. The molecular formula is C20H17ClN6O3S. The van der Waals surface area contributed by atoms with Crippen LogP contribution < -0.4 is 14.8 Å². The molecule has 0 aliphatic carbocycles. The van der Waals surface area contributed by atoms with E-state index in [2.05, 4.69) is 25.1 Å². The standard InChI is InChI=1S/C20H17ClN6O3S/c1-30-17-8-3-14(21)11-18(17)31(28,29)26-16-6-4-15(5-7-16)25-19-12-20(23-13-22-19)27-10-2-9-24-27/h2-13,26H,1H3,(H,22,23,25). The van der Waals surface area contributed by atoms with Crippen molar-refractivity contribution in [2.75, 3.05) is 17.1 Å². The van der Waals surface area contributed by atoms with E-state index >= 15 is 0 Å². The molecule has 4 rings (SSSR count). The maximum atomic E-state index is 12.8. The Hall–Kier alpha value is -3.63. The van der Waals surface area contributed by atoms with Gasteiger partial charge in [-0.25, -0.2) is 23.1 Å². The Kier molecular flexibility index (Phi) is 5.74. The first kappa shape index (κ1) is 20.6. The lowest BCUT2D eigenvalue weighted by Crippen LogP contribution is -2.14. The number of nitrogens with zero attached hydrogens (tertiary/aromatic N) is 4. The Morgan fingerprint density at radius 1 is 1.03 bits per heavy atom. The number of benzene rings is 2. The van der Waals surface area contributed by atoms with E-state index in [-0.39, 0.29) is 10.6 Å². The van der Waals surface area contributed by atoms with Crippen LogP contribution in [0.4, 0.5) is 17.2 Å². The zero-order valence-electron chi connectivity index (χ0n) is 16.2. The van der Waals surface area contributed by atoms with Gasteiger partial charge in [0.1, 0.15) is 22.8 Å². The Bertz CT molecular complexity index is 1300. The SMILES string of the molecule is COc1ccc(Cl)cc1S(=O)(=O)Nc1ccc(Nc2cc(-n3cccn3)ncn2)cc1. The Morgan fingerprint density at radius 2 is 1.81 bits per heavy atom. The van der Waals surface area contributed by atoms with E-state index < -0.39 is 10.0 Å². The number of sulfonamides is 1. The first-order chi connectivity index (χ1) is 14.9. The molecule has 0 bridgehead atoms. The van der Waals surface area contributed by atoms with Crippen LogP contribution in [0, 0.1) is 0 Å². The summed E-state index contributed by atoms with van der Waals surface area (Å²) >= 11 is 5.95. The quantitative estimate of drug-likeness (QED) is 0.434. The van der Waals surface area contributed by atoms with Gasteiger partial charge in [-0.3, -0.25) is 4.72 Å². The van der Waals surface area contributed by atoms with Crippen LogP contribution in [0.2, 0.25) is 5.02 Å². The molecule has 4 aromatic rings. The summed E-state index contributed by atoms with van der Waals surface area (Å²) in [6.45, 7) is 0. The highest BCUT2D eigenvalue weighted by atomic mass is 35.5. The van der Waals surface area contributed by atoms with E-state index in [0.29, 0.717) is 28.0 Å². The summed E-state index contributed by atoms with van der Waals surface area (Å²) in [6, 6.07) is 14.7. The number of aromatic nitrogens is 4. The molecule has 0 radical (unpaired) electrons. The van der Waals surface area contributed by atoms with Gasteiger partial charge in [0, 0.05) is 34.9 Å². The third kappa shape index (κ3) is 4.76. The molecule has 2 aromatic carbocycles. The van der Waals surface area contributed by atoms with Crippen LogP contribution in [-0.4, -0.2) is 35.3 Å². The number of halogens is 1. The fraction of sp³-hybridized carbons (Fsp3) is 0.0500. The molecule has 2 aromatic heterocycles. The van der Waals surface area contributed by atoms with E-state index in [0.717, 1.165) is 0 Å². The lowest BCUT2D eigenvalue weighted by molar-refractivity contribution is 0.403. The minimum Gasteiger partial charge on any atom is -0.495 e. The highest BCUT2D eigenvalue weighted by Gasteiger charge is 2.20. The van der Waals surface area contributed by atoms with Crippen LogP contribution in [0.5, 0.6) is 5.75 Å². The van der Waals surface area contributed by atoms with Crippen molar-refractivity contribution in [2.45, 2.75) is 4.90 Å². The van der Waals surface area contributed by atoms with Gasteiger partial charge in [-0.1, -0.05) is 11.6 Å². The van der Waals surface area contributed by atoms with Crippen LogP contribution in [0.1, 0.15) is 0 Å². The first-order valence-electron chi connectivity index (χ1n) is 9.00. The van der Waals surface area contributed by atoms with Gasteiger partial charge in [-0.2, -0.15) is 5.10 Å². The molecule has 0 aliphatic heterocycles. The average molecular weight is 457 g/mol. The zero-order chi connectivity index (χ0) is 21.8. The van der Waals surface area contributed by atoms with E-state index in [1.54, 1.807) is 59.5 Å². The molecule has 0 spiro atoms. The third-order valence-electron chi connectivity index (χ3n) is 4.22. The topological polar surface area (TPSA) is 111 Å². The highest BCUT2D eigenvalue weighted by Crippen LogP contribution is 2.29. The average Bonchev–Trinajstić information content (AvgIpc) is 3.30. The van der Waals surface area contributed by atoms with Gasteiger partial charge < -0.3 is 10.1 Å². The number of ether oxygens (including phenoxy) is 1. The summed E-state index contributed by atoms with van der Waals surface area (Å²) in [6.07, 6.45) is 4.87. The number of nitrogens with one attached hydrogen (secondary N) is 2. The molecular weight excluding hydrogens is 440 g/mol. The van der Waals surface area contributed by atoms with Crippen LogP contribution in [0.25, 0.3) is 5.82 Å². The van der Waals surface area contributed by atoms with E-state index in [9.17, 15) is 8.42 Å². The number of hydrogen-bond acceptors (Lipinski definition) is 7. The highest BCUT2D eigenvalue weighted by molar-refractivity contribution is 7.92. The summed E-state index contributed by atoms with van der Waals surface area (Å²) < 4.78 is 34.8. The number of methoxy groups -OCH3 is 1. The molecule has 9 nitrogen and oxygen atoms in total. The third-order valence-corrected chi connectivity index (χ3v) is 5.85. The molecule has 0 unspecified atom stereocenters. The minimum atomic E-state index is -3.89. The smallest absolute Gasteiger partial charge is 0.265 e. The van der Waals surface area contributed by atoms with Crippen molar-refractivity contribution in [3.8, 4) is 11.6 Å². The Labute approximate surface area is 183 Å². The van der Waals surface area contributed by atoms with E-state index in [4.69, 9.17) is 16.3 Å². The van der Waals surface area contributed by atoms with Crippen molar-refractivity contribution in [2.24, 2.45) is 0 Å². The second kappa shape index (κ2) is 8.62. The minimum absolute atomic E-state index is 0.0446. The van der Waals surface area contributed by atoms with Crippen molar-refractivity contribution in [3.05, 3.63) is 78.3 Å². The predicted molar refractivity (Wildman–Crippen MR) is 118 cm³/mol. The van der Waals surface area contributed by atoms with Gasteiger partial charge in [0.15, 0.2) is 5.82 Å².